The molecule has 2 aliphatic rings. The molecule has 1 aliphatic heterocycles. The fraction of sp³-hybridized carbons (Fsp3) is 0.500. The smallest absolute Gasteiger partial charge is 0.244 e. The fourth-order valence-corrected chi connectivity index (χ4v) is 2.65. The zero-order valence-electron chi connectivity index (χ0n) is 10.4. The second-order valence-electron chi connectivity index (χ2n) is 5.20. The zero-order valence-corrected chi connectivity index (χ0v) is 11.2. The van der Waals surface area contributed by atoms with Crippen molar-refractivity contribution in [3.8, 4) is 0 Å². The van der Waals surface area contributed by atoms with E-state index < -0.39 is 0 Å². The van der Waals surface area contributed by atoms with Crippen LogP contribution in [0.3, 0.4) is 0 Å². The summed E-state index contributed by atoms with van der Waals surface area (Å²) in [4.78, 5) is 14.2. The van der Waals surface area contributed by atoms with Gasteiger partial charge in [-0.15, -0.1) is 0 Å². The number of carbonyl (C=O) groups excluding carboxylic acids is 1. The van der Waals surface area contributed by atoms with Gasteiger partial charge < -0.3 is 10.2 Å². The molecular formula is C14H17ClN2O. The van der Waals surface area contributed by atoms with E-state index in [-0.39, 0.29) is 11.9 Å². The average molecular weight is 265 g/mol. The quantitative estimate of drug-likeness (QED) is 0.910. The molecule has 1 unspecified atom stereocenters. The second-order valence-corrected chi connectivity index (χ2v) is 5.64. The second kappa shape index (κ2) is 4.56. The van der Waals surface area contributed by atoms with Gasteiger partial charge in [-0.2, -0.15) is 0 Å². The van der Waals surface area contributed by atoms with Crippen LogP contribution in [0.2, 0.25) is 5.02 Å². The van der Waals surface area contributed by atoms with Crippen molar-refractivity contribution in [2.75, 3.05) is 11.4 Å². The van der Waals surface area contributed by atoms with Crippen LogP contribution in [0.4, 0.5) is 5.69 Å². The third kappa shape index (κ3) is 2.25. The summed E-state index contributed by atoms with van der Waals surface area (Å²) in [5.41, 5.74) is 2.05. The molecule has 1 amide bonds. The number of nitrogens with zero attached hydrogens (tertiary/aromatic N) is 1. The predicted molar refractivity (Wildman–Crippen MR) is 73.1 cm³/mol. The summed E-state index contributed by atoms with van der Waals surface area (Å²) in [6, 6.07) is 6.28. The minimum absolute atomic E-state index is 0.00381. The van der Waals surface area contributed by atoms with E-state index in [1.807, 2.05) is 30.0 Å². The van der Waals surface area contributed by atoms with E-state index in [2.05, 4.69) is 5.32 Å². The molecule has 1 aliphatic carbocycles. The van der Waals surface area contributed by atoms with Gasteiger partial charge in [0.1, 0.15) is 0 Å². The molecule has 1 aromatic rings. The van der Waals surface area contributed by atoms with Crippen LogP contribution in [0.1, 0.15) is 24.8 Å². The minimum Gasteiger partial charge on any atom is -0.311 e. The first-order chi connectivity index (χ1) is 8.65. The van der Waals surface area contributed by atoms with E-state index in [0.717, 1.165) is 24.2 Å². The van der Waals surface area contributed by atoms with Crippen LogP contribution in [0.5, 0.6) is 0 Å². The van der Waals surface area contributed by atoms with Crippen molar-refractivity contribution in [3.05, 3.63) is 28.8 Å². The summed E-state index contributed by atoms with van der Waals surface area (Å²) >= 11 is 6.02. The van der Waals surface area contributed by atoms with Crippen LogP contribution in [0, 0.1) is 6.92 Å². The van der Waals surface area contributed by atoms with Crippen molar-refractivity contribution >= 4 is 23.2 Å². The molecule has 0 spiro atoms. The van der Waals surface area contributed by atoms with Crippen molar-refractivity contribution in [1.82, 2.24) is 5.32 Å². The van der Waals surface area contributed by atoms with E-state index in [0.29, 0.717) is 11.1 Å². The minimum atomic E-state index is -0.00381. The lowest BCUT2D eigenvalue weighted by Crippen LogP contribution is -2.39. The zero-order chi connectivity index (χ0) is 12.7. The third-order valence-corrected chi connectivity index (χ3v) is 3.92. The van der Waals surface area contributed by atoms with E-state index in [9.17, 15) is 4.79 Å². The lowest BCUT2D eigenvalue weighted by atomic mass is 10.2. The number of rotatable bonds is 3. The van der Waals surface area contributed by atoms with Crippen LogP contribution < -0.4 is 10.2 Å². The molecule has 0 bridgehead atoms. The Kier molecular flexibility index (Phi) is 3.04. The molecule has 1 atom stereocenters. The van der Waals surface area contributed by atoms with E-state index >= 15 is 0 Å². The molecule has 96 valence electrons. The maximum absolute atomic E-state index is 12.4. The maximum Gasteiger partial charge on any atom is 0.244 e. The highest BCUT2D eigenvalue weighted by Crippen LogP contribution is 2.29. The topological polar surface area (TPSA) is 32.3 Å². The normalized spacial score (nSPS) is 23.8. The molecule has 18 heavy (non-hydrogen) atoms. The van der Waals surface area contributed by atoms with Gasteiger partial charge in [-0.25, -0.2) is 0 Å². The van der Waals surface area contributed by atoms with Gasteiger partial charge in [-0.05, 0) is 43.9 Å². The highest BCUT2D eigenvalue weighted by molar-refractivity contribution is 6.31. The lowest BCUT2D eigenvalue weighted by Gasteiger charge is -2.19. The van der Waals surface area contributed by atoms with Crippen LogP contribution in [-0.4, -0.2) is 24.5 Å². The highest BCUT2D eigenvalue weighted by Gasteiger charge is 2.36. The van der Waals surface area contributed by atoms with Crippen molar-refractivity contribution in [2.45, 2.75) is 38.3 Å². The number of nitrogens with one attached hydrogen (secondary N) is 1. The first kappa shape index (κ1) is 12.0. The van der Waals surface area contributed by atoms with Crippen LogP contribution >= 0.6 is 11.6 Å². The van der Waals surface area contributed by atoms with Crippen LogP contribution in [0.15, 0.2) is 18.2 Å². The van der Waals surface area contributed by atoms with Gasteiger partial charge in [0.15, 0.2) is 0 Å². The first-order valence-corrected chi connectivity index (χ1v) is 6.86. The van der Waals surface area contributed by atoms with Gasteiger partial charge >= 0.3 is 0 Å². The van der Waals surface area contributed by atoms with Crippen LogP contribution in [0.25, 0.3) is 0 Å². The molecule has 3 rings (SSSR count). The molecule has 1 saturated carbocycles. The van der Waals surface area contributed by atoms with Gasteiger partial charge in [0, 0.05) is 23.3 Å². The summed E-state index contributed by atoms with van der Waals surface area (Å²) in [6.07, 6.45) is 3.31. The summed E-state index contributed by atoms with van der Waals surface area (Å²) in [5, 5.41) is 4.09. The summed E-state index contributed by atoms with van der Waals surface area (Å²) in [7, 11) is 0. The molecule has 0 radical (unpaired) electrons. The van der Waals surface area contributed by atoms with Gasteiger partial charge in [0.2, 0.25) is 5.91 Å². The predicted octanol–water partition coefficient (Wildman–Crippen LogP) is 2.51. The largest absolute Gasteiger partial charge is 0.311 e. The SMILES string of the molecule is Cc1ccc(Cl)cc1N1CCC(NC2CC2)C1=O. The molecule has 4 heteroatoms. The molecule has 1 N–H and O–H groups in total. The van der Waals surface area contributed by atoms with Crippen molar-refractivity contribution in [3.63, 3.8) is 0 Å². The summed E-state index contributed by atoms with van der Waals surface area (Å²) < 4.78 is 0. The van der Waals surface area contributed by atoms with Crippen LogP contribution in [-0.2, 0) is 4.79 Å². The van der Waals surface area contributed by atoms with Gasteiger partial charge in [-0.1, -0.05) is 17.7 Å². The molecule has 0 aromatic heterocycles. The van der Waals surface area contributed by atoms with Crippen molar-refractivity contribution in [2.24, 2.45) is 0 Å². The number of hydrogen-bond donors (Lipinski definition) is 1. The number of hydrogen-bond acceptors (Lipinski definition) is 2. The number of halogens is 1. The number of benzene rings is 1. The number of aryl methyl sites for hydroxylation is 1. The summed E-state index contributed by atoms with van der Waals surface area (Å²) in [5.74, 6) is 0.187. The Morgan fingerprint density at radius 1 is 1.33 bits per heavy atom. The molecule has 3 nitrogen and oxygen atoms in total. The Hall–Kier alpha value is -1.06. The average Bonchev–Trinajstić information content (AvgIpc) is 3.09. The monoisotopic (exact) mass is 264 g/mol. The molecular weight excluding hydrogens is 248 g/mol. The molecule has 2 fully saturated rings. The number of anilines is 1. The van der Waals surface area contributed by atoms with Crippen molar-refractivity contribution in [1.29, 1.82) is 0 Å². The molecule has 1 aromatic carbocycles. The van der Waals surface area contributed by atoms with E-state index in [1.165, 1.54) is 12.8 Å². The summed E-state index contributed by atoms with van der Waals surface area (Å²) in [6.45, 7) is 2.80. The molecule has 1 heterocycles. The van der Waals surface area contributed by atoms with Gasteiger partial charge in [0.25, 0.3) is 0 Å². The van der Waals surface area contributed by atoms with E-state index in [1.54, 1.807) is 0 Å². The third-order valence-electron chi connectivity index (χ3n) is 3.68. The fourth-order valence-electron chi connectivity index (χ4n) is 2.48. The van der Waals surface area contributed by atoms with Crippen molar-refractivity contribution < 1.29 is 4.79 Å². The Bertz CT molecular complexity index is 485. The highest BCUT2D eigenvalue weighted by atomic mass is 35.5. The standard InChI is InChI=1S/C14H17ClN2O/c1-9-2-3-10(15)8-13(9)17-7-6-12(14(17)18)16-11-4-5-11/h2-3,8,11-12,16H,4-7H2,1H3. The Morgan fingerprint density at radius 3 is 2.83 bits per heavy atom. The number of carbonyl (C=O) groups is 1. The maximum atomic E-state index is 12.4. The number of amides is 1. The lowest BCUT2D eigenvalue weighted by molar-refractivity contribution is -0.118. The Labute approximate surface area is 112 Å². The van der Waals surface area contributed by atoms with Gasteiger partial charge in [-0.3, -0.25) is 4.79 Å². The first-order valence-electron chi connectivity index (χ1n) is 6.49. The Morgan fingerprint density at radius 2 is 2.11 bits per heavy atom. The Balaban J connectivity index is 1.80. The molecule has 1 saturated heterocycles. The van der Waals surface area contributed by atoms with E-state index in [4.69, 9.17) is 11.6 Å². The van der Waals surface area contributed by atoms with Gasteiger partial charge in [0.05, 0.1) is 6.04 Å².